The lowest BCUT2D eigenvalue weighted by molar-refractivity contribution is 0.0949. The molecule has 2 N–H and O–H groups in total. The Kier molecular flexibility index (Phi) is 4.35. The molecule has 2 heterocycles. The molecule has 0 aliphatic rings. The molecule has 0 aliphatic heterocycles. The number of nitrogens with one attached hydrogen (secondary N) is 2. The van der Waals surface area contributed by atoms with E-state index in [0.29, 0.717) is 0 Å². The van der Waals surface area contributed by atoms with Crippen LogP contribution in [0.3, 0.4) is 0 Å². The Morgan fingerprint density at radius 3 is 2.62 bits per heavy atom. The van der Waals surface area contributed by atoms with Crippen LogP contribution < -0.4 is 10.3 Å². The van der Waals surface area contributed by atoms with E-state index in [-0.39, 0.29) is 26.2 Å². The smallest absolute Gasteiger partial charge is 0.277 e. The second-order valence-electron chi connectivity index (χ2n) is 4.95. The van der Waals surface area contributed by atoms with Crippen molar-refractivity contribution in [1.29, 1.82) is 0 Å². The van der Waals surface area contributed by atoms with Gasteiger partial charge in [-0.05, 0) is 19.9 Å². The van der Waals surface area contributed by atoms with Crippen LogP contribution in [0.15, 0.2) is 33.7 Å². The highest BCUT2D eigenvalue weighted by molar-refractivity contribution is 7.89. The van der Waals surface area contributed by atoms with E-state index in [1.54, 1.807) is 6.07 Å². The summed E-state index contributed by atoms with van der Waals surface area (Å²) in [4.78, 5) is 14.4. The second-order valence-corrected chi connectivity index (χ2v) is 8.00. The number of hydrazine groups is 1. The molecule has 0 fully saturated rings. The van der Waals surface area contributed by atoms with Crippen LogP contribution in [-0.2, 0) is 10.0 Å². The lowest BCUT2D eigenvalue weighted by atomic mass is 10.2. The maximum absolute atomic E-state index is 12.3. The zero-order chi connectivity index (χ0) is 17.5. The molecule has 3 rings (SSSR count). The topological polar surface area (TPSA) is 101 Å². The number of aromatic nitrogens is 1. The predicted octanol–water partition coefficient (Wildman–Crippen LogP) is 2.78. The standard InChI is InChI=1S/C14H12ClN3O4S2/c1-7-13(8(2)22-17-7)24(20,21)18-16-14(19)12-11(15)9-5-3-4-6-10(9)23-12/h3-6,18H,1-2H3,(H,16,19). The maximum atomic E-state index is 12.3. The van der Waals surface area contributed by atoms with Crippen LogP contribution in [0.1, 0.15) is 21.1 Å². The van der Waals surface area contributed by atoms with Crippen LogP contribution in [0, 0.1) is 13.8 Å². The molecule has 0 bridgehead atoms. The first-order chi connectivity index (χ1) is 11.3. The Labute approximate surface area is 146 Å². The number of carbonyl (C=O) groups is 1. The SMILES string of the molecule is Cc1noc(C)c1S(=O)(=O)NNC(=O)c1sc2ccccc2c1Cl. The molecule has 0 atom stereocenters. The minimum Gasteiger partial charge on any atom is -0.360 e. The monoisotopic (exact) mass is 385 g/mol. The van der Waals surface area contributed by atoms with Crippen molar-refractivity contribution in [3.05, 3.63) is 45.6 Å². The highest BCUT2D eigenvalue weighted by Crippen LogP contribution is 2.34. The minimum absolute atomic E-state index is 0.106. The Hall–Kier alpha value is -1.94. The third-order valence-corrected chi connectivity index (χ3v) is 6.44. The number of aryl methyl sites for hydroxylation is 2. The highest BCUT2D eigenvalue weighted by atomic mass is 35.5. The number of halogens is 1. The zero-order valence-electron chi connectivity index (χ0n) is 12.6. The first-order valence-corrected chi connectivity index (χ1v) is 9.41. The Bertz CT molecular complexity index is 1020. The van der Waals surface area contributed by atoms with Crippen LogP contribution >= 0.6 is 22.9 Å². The molecule has 0 unspecified atom stereocenters. The minimum atomic E-state index is -4.00. The summed E-state index contributed by atoms with van der Waals surface area (Å²) in [5, 5.41) is 4.61. The van der Waals surface area contributed by atoms with E-state index in [4.69, 9.17) is 16.1 Å². The first-order valence-electron chi connectivity index (χ1n) is 6.73. The fraction of sp³-hybridized carbons (Fsp3) is 0.143. The van der Waals surface area contributed by atoms with Gasteiger partial charge in [0.1, 0.15) is 15.5 Å². The largest absolute Gasteiger partial charge is 0.360 e. The number of benzene rings is 1. The predicted molar refractivity (Wildman–Crippen MR) is 90.6 cm³/mol. The Morgan fingerprint density at radius 2 is 2.00 bits per heavy atom. The van der Waals surface area contributed by atoms with Crippen molar-refractivity contribution in [3.63, 3.8) is 0 Å². The van der Waals surface area contributed by atoms with Gasteiger partial charge in [0.2, 0.25) is 0 Å². The number of sulfonamides is 1. The van der Waals surface area contributed by atoms with E-state index in [9.17, 15) is 13.2 Å². The van der Waals surface area contributed by atoms with Gasteiger partial charge in [0.15, 0.2) is 5.76 Å². The molecular weight excluding hydrogens is 374 g/mol. The molecule has 126 valence electrons. The molecule has 24 heavy (non-hydrogen) atoms. The summed E-state index contributed by atoms with van der Waals surface area (Å²) >= 11 is 7.38. The maximum Gasteiger partial charge on any atom is 0.277 e. The van der Waals surface area contributed by atoms with E-state index in [1.165, 1.54) is 25.2 Å². The first kappa shape index (κ1) is 16.9. The number of thiophene rings is 1. The molecule has 0 saturated heterocycles. The van der Waals surface area contributed by atoms with Gasteiger partial charge in [-0.15, -0.1) is 16.2 Å². The van der Waals surface area contributed by atoms with E-state index in [1.807, 2.05) is 23.0 Å². The number of hydrogen-bond acceptors (Lipinski definition) is 6. The number of hydrogen-bond donors (Lipinski definition) is 2. The van der Waals surface area contributed by atoms with Gasteiger partial charge >= 0.3 is 0 Å². The van der Waals surface area contributed by atoms with Crippen molar-refractivity contribution in [3.8, 4) is 0 Å². The molecule has 1 aromatic carbocycles. The third kappa shape index (κ3) is 2.91. The molecule has 0 spiro atoms. The van der Waals surface area contributed by atoms with Crippen LogP contribution in [0.5, 0.6) is 0 Å². The van der Waals surface area contributed by atoms with Crippen molar-refractivity contribution >= 4 is 49.0 Å². The van der Waals surface area contributed by atoms with Crippen LogP contribution in [0.25, 0.3) is 10.1 Å². The van der Waals surface area contributed by atoms with E-state index in [2.05, 4.69) is 10.6 Å². The number of amides is 1. The quantitative estimate of drug-likeness (QED) is 0.672. The van der Waals surface area contributed by atoms with Crippen molar-refractivity contribution in [2.75, 3.05) is 0 Å². The second kappa shape index (κ2) is 6.17. The summed E-state index contributed by atoms with van der Waals surface area (Å²) < 4.78 is 30.2. The molecule has 3 aromatic rings. The fourth-order valence-electron chi connectivity index (χ4n) is 2.24. The lowest BCUT2D eigenvalue weighted by Crippen LogP contribution is -2.41. The summed E-state index contributed by atoms with van der Waals surface area (Å²) in [7, 11) is -4.00. The van der Waals surface area contributed by atoms with Gasteiger partial charge in [0.05, 0.1) is 5.02 Å². The third-order valence-electron chi connectivity index (χ3n) is 3.28. The van der Waals surface area contributed by atoms with Gasteiger partial charge < -0.3 is 4.52 Å². The van der Waals surface area contributed by atoms with Gasteiger partial charge in [-0.3, -0.25) is 10.2 Å². The van der Waals surface area contributed by atoms with Gasteiger partial charge in [0.25, 0.3) is 15.9 Å². The molecule has 0 aliphatic carbocycles. The van der Waals surface area contributed by atoms with E-state index in [0.717, 1.165) is 10.1 Å². The molecule has 10 heteroatoms. The van der Waals surface area contributed by atoms with Crippen LogP contribution in [-0.4, -0.2) is 19.5 Å². The fourth-order valence-corrected chi connectivity index (χ4v) is 4.82. The number of rotatable bonds is 4. The molecule has 0 radical (unpaired) electrons. The van der Waals surface area contributed by atoms with Gasteiger partial charge in [-0.2, -0.15) is 0 Å². The van der Waals surface area contributed by atoms with E-state index < -0.39 is 15.9 Å². The average Bonchev–Trinajstić information content (AvgIpc) is 3.06. The lowest BCUT2D eigenvalue weighted by Gasteiger charge is -2.07. The highest BCUT2D eigenvalue weighted by Gasteiger charge is 2.25. The van der Waals surface area contributed by atoms with Gasteiger partial charge in [-0.1, -0.05) is 35.0 Å². The van der Waals surface area contributed by atoms with Crippen molar-refractivity contribution in [2.45, 2.75) is 18.7 Å². The van der Waals surface area contributed by atoms with Crippen LogP contribution in [0.4, 0.5) is 0 Å². The summed E-state index contributed by atoms with van der Waals surface area (Å²) in [6.45, 7) is 2.97. The van der Waals surface area contributed by atoms with Crippen molar-refractivity contribution < 1.29 is 17.7 Å². The number of fused-ring (bicyclic) bond motifs is 1. The Morgan fingerprint density at radius 1 is 1.29 bits per heavy atom. The van der Waals surface area contributed by atoms with Gasteiger partial charge in [0, 0.05) is 10.1 Å². The average molecular weight is 386 g/mol. The van der Waals surface area contributed by atoms with Gasteiger partial charge in [-0.25, -0.2) is 8.42 Å². The molecule has 2 aromatic heterocycles. The molecular formula is C14H12ClN3O4S2. The Balaban J connectivity index is 1.84. The van der Waals surface area contributed by atoms with Crippen molar-refractivity contribution in [1.82, 2.24) is 15.4 Å². The zero-order valence-corrected chi connectivity index (χ0v) is 15.0. The normalized spacial score (nSPS) is 11.8. The number of carbonyl (C=O) groups excluding carboxylic acids is 1. The number of nitrogens with zero attached hydrogens (tertiary/aromatic N) is 1. The summed E-state index contributed by atoms with van der Waals surface area (Å²) in [5.41, 5.74) is 2.37. The summed E-state index contributed by atoms with van der Waals surface area (Å²) in [6.07, 6.45) is 0. The summed E-state index contributed by atoms with van der Waals surface area (Å²) in [6, 6.07) is 7.26. The van der Waals surface area contributed by atoms with Crippen LogP contribution in [0.2, 0.25) is 5.02 Å². The molecule has 7 nitrogen and oxygen atoms in total. The molecule has 1 amide bonds. The van der Waals surface area contributed by atoms with E-state index >= 15 is 0 Å². The summed E-state index contributed by atoms with van der Waals surface area (Å²) in [5.74, 6) is -0.509. The van der Waals surface area contributed by atoms with Crippen molar-refractivity contribution in [2.24, 2.45) is 0 Å². The molecule has 0 saturated carbocycles.